The summed E-state index contributed by atoms with van der Waals surface area (Å²) in [6, 6.07) is 0.409. The van der Waals surface area contributed by atoms with Crippen molar-refractivity contribution >= 4 is 0 Å². The van der Waals surface area contributed by atoms with Crippen LogP contribution in [0.3, 0.4) is 0 Å². The average molecular weight is 252 g/mol. The van der Waals surface area contributed by atoms with E-state index in [1.54, 1.807) is 0 Å². The van der Waals surface area contributed by atoms with Gasteiger partial charge in [0, 0.05) is 24.8 Å². The van der Waals surface area contributed by atoms with Crippen LogP contribution in [0.5, 0.6) is 0 Å². The first-order valence-corrected chi connectivity index (χ1v) is 6.97. The Morgan fingerprint density at radius 1 is 1.33 bits per heavy atom. The van der Waals surface area contributed by atoms with Crippen LogP contribution in [-0.2, 0) is 13.0 Å². The zero-order valence-electron chi connectivity index (χ0n) is 12.5. The third-order valence-corrected chi connectivity index (χ3v) is 3.67. The molecule has 4 nitrogen and oxygen atoms in total. The van der Waals surface area contributed by atoms with Gasteiger partial charge in [0.1, 0.15) is 0 Å². The van der Waals surface area contributed by atoms with Crippen LogP contribution in [0.2, 0.25) is 0 Å². The highest BCUT2D eigenvalue weighted by Gasteiger charge is 2.13. The highest BCUT2D eigenvalue weighted by Crippen LogP contribution is 2.13. The molecule has 1 unspecified atom stereocenters. The predicted molar refractivity (Wildman–Crippen MR) is 76.8 cm³/mol. The van der Waals surface area contributed by atoms with Gasteiger partial charge in [-0.3, -0.25) is 4.68 Å². The Labute approximate surface area is 111 Å². The van der Waals surface area contributed by atoms with Crippen LogP contribution in [0.4, 0.5) is 0 Å². The van der Waals surface area contributed by atoms with Gasteiger partial charge in [-0.2, -0.15) is 5.10 Å². The third kappa shape index (κ3) is 3.56. The van der Waals surface area contributed by atoms with Crippen LogP contribution in [0.25, 0.3) is 0 Å². The van der Waals surface area contributed by atoms with Gasteiger partial charge in [0.25, 0.3) is 0 Å². The molecular weight excluding hydrogens is 224 g/mol. The van der Waals surface area contributed by atoms with Crippen LogP contribution < -0.4 is 11.1 Å². The van der Waals surface area contributed by atoms with Crippen LogP contribution >= 0.6 is 0 Å². The second kappa shape index (κ2) is 6.90. The van der Waals surface area contributed by atoms with Crippen molar-refractivity contribution < 1.29 is 0 Å². The number of hydrogen-bond acceptors (Lipinski definition) is 3. The lowest BCUT2D eigenvalue weighted by Gasteiger charge is -2.20. The fourth-order valence-corrected chi connectivity index (χ4v) is 2.38. The molecule has 0 radical (unpaired) electrons. The molecule has 0 bridgehead atoms. The molecule has 0 fully saturated rings. The second-order valence-corrected chi connectivity index (χ2v) is 5.26. The van der Waals surface area contributed by atoms with Crippen molar-refractivity contribution in [1.29, 1.82) is 0 Å². The molecule has 104 valence electrons. The fourth-order valence-electron chi connectivity index (χ4n) is 2.38. The minimum Gasteiger partial charge on any atom is -0.329 e. The molecule has 0 saturated heterocycles. The molecule has 0 spiro atoms. The molecule has 18 heavy (non-hydrogen) atoms. The molecule has 3 N–H and O–H groups in total. The van der Waals surface area contributed by atoms with E-state index in [4.69, 9.17) is 5.73 Å². The first-order valence-electron chi connectivity index (χ1n) is 6.97. The summed E-state index contributed by atoms with van der Waals surface area (Å²) in [5.74, 6) is 0.579. The van der Waals surface area contributed by atoms with Gasteiger partial charge >= 0.3 is 0 Å². The van der Waals surface area contributed by atoms with E-state index in [0.717, 1.165) is 25.2 Å². The second-order valence-electron chi connectivity index (χ2n) is 5.26. The van der Waals surface area contributed by atoms with Crippen molar-refractivity contribution in [3.05, 3.63) is 17.0 Å². The Kier molecular flexibility index (Phi) is 5.82. The van der Waals surface area contributed by atoms with Crippen molar-refractivity contribution in [2.75, 3.05) is 13.1 Å². The fraction of sp³-hybridized carbons (Fsp3) is 0.786. The van der Waals surface area contributed by atoms with E-state index >= 15 is 0 Å². The summed E-state index contributed by atoms with van der Waals surface area (Å²) < 4.78 is 2.08. The topological polar surface area (TPSA) is 55.9 Å². The Balaban J connectivity index is 2.56. The van der Waals surface area contributed by atoms with E-state index in [1.807, 2.05) is 0 Å². The molecule has 1 heterocycles. The van der Waals surface area contributed by atoms with Crippen molar-refractivity contribution in [2.45, 2.75) is 53.6 Å². The molecular formula is C14H28N4. The molecule has 1 rings (SSSR count). The lowest BCUT2D eigenvalue weighted by atomic mass is 10.0. The van der Waals surface area contributed by atoms with Crippen LogP contribution in [0, 0.1) is 19.8 Å². The maximum Gasteiger partial charge on any atom is 0.0628 e. The summed E-state index contributed by atoms with van der Waals surface area (Å²) in [4.78, 5) is 0. The minimum atomic E-state index is 0.409. The van der Waals surface area contributed by atoms with Crippen molar-refractivity contribution in [3.63, 3.8) is 0 Å². The van der Waals surface area contributed by atoms with Gasteiger partial charge < -0.3 is 11.1 Å². The van der Waals surface area contributed by atoms with Gasteiger partial charge in [-0.15, -0.1) is 0 Å². The van der Waals surface area contributed by atoms with E-state index in [1.165, 1.54) is 11.3 Å². The standard InChI is InChI=1S/C14H28N4/c1-6-18-12(5)13(11(4)17-18)7-8-16-14(9-15)10(2)3/h10,14,16H,6-9,15H2,1-5H3. The molecule has 0 aliphatic rings. The smallest absolute Gasteiger partial charge is 0.0628 e. The number of aromatic nitrogens is 2. The first kappa shape index (κ1) is 15.2. The Hall–Kier alpha value is -0.870. The molecule has 0 aliphatic carbocycles. The van der Waals surface area contributed by atoms with Gasteiger partial charge in [0.05, 0.1) is 5.69 Å². The van der Waals surface area contributed by atoms with Crippen molar-refractivity contribution in [2.24, 2.45) is 11.7 Å². The van der Waals surface area contributed by atoms with Gasteiger partial charge in [0.15, 0.2) is 0 Å². The Morgan fingerprint density at radius 3 is 2.44 bits per heavy atom. The SMILES string of the molecule is CCn1nc(C)c(CCNC(CN)C(C)C)c1C. The Bertz CT molecular complexity index is 368. The van der Waals surface area contributed by atoms with Crippen LogP contribution in [0.15, 0.2) is 0 Å². The highest BCUT2D eigenvalue weighted by molar-refractivity contribution is 5.24. The summed E-state index contributed by atoms with van der Waals surface area (Å²) in [5, 5.41) is 8.08. The minimum absolute atomic E-state index is 0.409. The van der Waals surface area contributed by atoms with Gasteiger partial charge in [-0.05, 0) is 45.2 Å². The van der Waals surface area contributed by atoms with E-state index in [9.17, 15) is 0 Å². The summed E-state index contributed by atoms with van der Waals surface area (Å²) in [6.45, 7) is 13.4. The van der Waals surface area contributed by atoms with Gasteiger partial charge in [-0.25, -0.2) is 0 Å². The molecule has 1 aromatic rings. The lowest BCUT2D eigenvalue weighted by Crippen LogP contribution is -2.41. The molecule has 0 aromatic carbocycles. The van der Waals surface area contributed by atoms with E-state index in [-0.39, 0.29) is 0 Å². The number of aryl methyl sites for hydroxylation is 2. The molecule has 0 saturated carbocycles. The van der Waals surface area contributed by atoms with Gasteiger partial charge in [0.2, 0.25) is 0 Å². The summed E-state index contributed by atoms with van der Waals surface area (Å²) in [5.41, 5.74) is 9.59. The number of nitrogens with zero attached hydrogens (tertiary/aromatic N) is 2. The van der Waals surface area contributed by atoms with E-state index in [2.05, 4.69) is 49.7 Å². The monoisotopic (exact) mass is 252 g/mol. The maximum absolute atomic E-state index is 5.76. The molecule has 1 aromatic heterocycles. The Morgan fingerprint density at radius 2 is 2.00 bits per heavy atom. The normalized spacial score (nSPS) is 13.3. The summed E-state index contributed by atoms with van der Waals surface area (Å²) in [7, 11) is 0. The van der Waals surface area contributed by atoms with Crippen molar-refractivity contribution in [1.82, 2.24) is 15.1 Å². The summed E-state index contributed by atoms with van der Waals surface area (Å²) in [6.07, 6.45) is 1.03. The number of hydrogen-bond donors (Lipinski definition) is 2. The summed E-state index contributed by atoms with van der Waals surface area (Å²) >= 11 is 0. The van der Waals surface area contributed by atoms with Gasteiger partial charge in [-0.1, -0.05) is 13.8 Å². The number of nitrogens with one attached hydrogen (secondary N) is 1. The van der Waals surface area contributed by atoms with Crippen molar-refractivity contribution in [3.8, 4) is 0 Å². The highest BCUT2D eigenvalue weighted by atomic mass is 15.3. The lowest BCUT2D eigenvalue weighted by molar-refractivity contribution is 0.408. The van der Waals surface area contributed by atoms with Crippen LogP contribution in [0.1, 0.15) is 37.7 Å². The quantitative estimate of drug-likeness (QED) is 0.775. The largest absolute Gasteiger partial charge is 0.329 e. The third-order valence-electron chi connectivity index (χ3n) is 3.67. The predicted octanol–water partition coefficient (Wildman–Crippen LogP) is 1.64. The van der Waals surface area contributed by atoms with E-state index in [0.29, 0.717) is 18.5 Å². The maximum atomic E-state index is 5.76. The number of rotatable bonds is 7. The first-order chi connectivity index (χ1) is 8.51. The zero-order chi connectivity index (χ0) is 13.7. The zero-order valence-corrected chi connectivity index (χ0v) is 12.5. The number of nitrogens with two attached hydrogens (primary N) is 1. The molecule has 0 aliphatic heterocycles. The van der Waals surface area contributed by atoms with E-state index < -0.39 is 0 Å². The molecule has 0 amide bonds. The molecule has 4 heteroatoms. The molecule has 1 atom stereocenters. The average Bonchev–Trinajstić information content (AvgIpc) is 2.60. The van der Waals surface area contributed by atoms with Crippen LogP contribution in [-0.4, -0.2) is 28.9 Å².